The minimum atomic E-state index is -0.0675. The first-order chi connectivity index (χ1) is 11.1. The maximum Gasteiger partial charge on any atom is 0.266 e. The van der Waals surface area contributed by atoms with Crippen molar-refractivity contribution < 1.29 is 9.59 Å². The van der Waals surface area contributed by atoms with E-state index in [1.54, 1.807) is 16.7 Å². The molecule has 0 spiro atoms. The normalized spacial score (nSPS) is 23.9. The van der Waals surface area contributed by atoms with Crippen LogP contribution in [0.3, 0.4) is 0 Å². The molecule has 3 rings (SSSR count). The van der Waals surface area contributed by atoms with Crippen LogP contribution in [0.15, 0.2) is 22.0 Å². The van der Waals surface area contributed by atoms with E-state index < -0.39 is 0 Å². The fourth-order valence-corrected chi connectivity index (χ4v) is 5.23. The first-order valence-electron chi connectivity index (χ1n) is 8.01. The van der Waals surface area contributed by atoms with E-state index >= 15 is 0 Å². The maximum absolute atomic E-state index is 12.4. The van der Waals surface area contributed by atoms with Gasteiger partial charge in [0.05, 0.1) is 4.91 Å². The number of nitrogens with one attached hydrogen (secondary N) is 1. The van der Waals surface area contributed by atoms with Gasteiger partial charge in [-0.25, -0.2) is 0 Å². The molecule has 0 radical (unpaired) electrons. The lowest BCUT2D eigenvalue weighted by Crippen LogP contribution is -2.37. The molecule has 0 aromatic carbocycles. The molecule has 0 aromatic rings. The number of amides is 2. The molecule has 2 amide bonds. The van der Waals surface area contributed by atoms with Crippen molar-refractivity contribution in [3.05, 3.63) is 22.0 Å². The number of hydrogen-bond donors (Lipinski definition) is 1. The van der Waals surface area contributed by atoms with Crippen molar-refractivity contribution >= 4 is 51.9 Å². The molecule has 0 atom stereocenters. The highest BCUT2D eigenvalue weighted by molar-refractivity contribution is 8.26. The van der Waals surface area contributed by atoms with Gasteiger partial charge in [0, 0.05) is 29.7 Å². The predicted octanol–water partition coefficient (Wildman–Crippen LogP) is 3.20. The first-order valence-corrected chi connectivity index (χ1v) is 10.2. The molecule has 2 heterocycles. The largest absolute Gasteiger partial charge is 0.353 e. The van der Waals surface area contributed by atoms with Crippen molar-refractivity contribution in [1.29, 1.82) is 0 Å². The highest BCUT2D eigenvalue weighted by Gasteiger charge is 2.32. The van der Waals surface area contributed by atoms with E-state index in [0.717, 1.165) is 29.9 Å². The number of thiocarbonyl (C=S) groups is 1. The Morgan fingerprint density at radius 1 is 1.43 bits per heavy atom. The minimum absolute atomic E-state index is 0.0176. The second kappa shape index (κ2) is 7.85. The van der Waals surface area contributed by atoms with E-state index in [4.69, 9.17) is 12.2 Å². The first kappa shape index (κ1) is 17.0. The van der Waals surface area contributed by atoms with E-state index in [1.165, 1.54) is 24.6 Å². The summed E-state index contributed by atoms with van der Waals surface area (Å²) in [5, 5.41) is 3.05. The quantitative estimate of drug-likeness (QED) is 0.596. The molecule has 4 nitrogen and oxygen atoms in total. The molecule has 1 saturated heterocycles. The van der Waals surface area contributed by atoms with Gasteiger partial charge in [0.1, 0.15) is 4.32 Å². The lowest BCUT2D eigenvalue weighted by Gasteiger charge is -2.16. The van der Waals surface area contributed by atoms with Gasteiger partial charge in [-0.2, -0.15) is 0 Å². The third-order valence-corrected chi connectivity index (χ3v) is 6.60. The molecule has 1 N–H and O–H groups in total. The van der Waals surface area contributed by atoms with Crippen LogP contribution in [0.5, 0.6) is 0 Å². The molecule has 1 aliphatic carbocycles. The highest BCUT2D eigenvalue weighted by Crippen LogP contribution is 2.35. The molecule has 124 valence electrons. The summed E-state index contributed by atoms with van der Waals surface area (Å²) < 4.78 is 0.554. The number of nitrogens with zero attached hydrogens (tertiary/aromatic N) is 1. The van der Waals surface area contributed by atoms with E-state index in [-0.39, 0.29) is 11.8 Å². The molecule has 2 fully saturated rings. The number of carbonyl (C=O) groups excluding carboxylic acids is 2. The lowest BCUT2D eigenvalue weighted by molar-refractivity contribution is -0.124. The van der Waals surface area contributed by atoms with Crippen molar-refractivity contribution in [2.75, 3.05) is 12.3 Å². The number of allylic oxidation sites excluding steroid dienone is 2. The monoisotopic (exact) mass is 368 g/mol. The molecule has 1 saturated carbocycles. The maximum atomic E-state index is 12.4. The molecule has 23 heavy (non-hydrogen) atoms. The van der Waals surface area contributed by atoms with Crippen LogP contribution in [-0.4, -0.2) is 39.4 Å². The van der Waals surface area contributed by atoms with Crippen LogP contribution in [0.4, 0.5) is 0 Å². The summed E-state index contributed by atoms with van der Waals surface area (Å²) in [7, 11) is 0. The summed E-state index contributed by atoms with van der Waals surface area (Å²) in [6.45, 7) is 0.368. The summed E-state index contributed by atoms with van der Waals surface area (Å²) in [5.41, 5.74) is 0. The molecular formula is C16H20N2O2S3. The van der Waals surface area contributed by atoms with Crippen LogP contribution in [0, 0.1) is 0 Å². The van der Waals surface area contributed by atoms with Crippen molar-refractivity contribution in [2.24, 2.45) is 0 Å². The average molecular weight is 369 g/mol. The Morgan fingerprint density at radius 3 is 2.91 bits per heavy atom. The van der Waals surface area contributed by atoms with Gasteiger partial charge in [0.2, 0.25) is 5.91 Å². The van der Waals surface area contributed by atoms with Crippen LogP contribution in [0.1, 0.15) is 38.5 Å². The Kier molecular flexibility index (Phi) is 5.82. The highest BCUT2D eigenvalue weighted by atomic mass is 32.2. The van der Waals surface area contributed by atoms with E-state index in [0.29, 0.717) is 28.2 Å². The SMILES string of the molecule is O=C(CCN1C(=O)/C(=C/C2=CCCS2)SC1=S)NC1CCCC1. The van der Waals surface area contributed by atoms with Crippen LogP contribution >= 0.6 is 35.7 Å². The predicted molar refractivity (Wildman–Crippen MR) is 100 cm³/mol. The summed E-state index contributed by atoms with van der Waals surface area (Å²) in [4.78, 5) is 27.8. The molecule has 0 bridgehead atoms. The zero-order valence-electron chi connectivity index (χ0n) is 12.9. The third kappa shape index (κ3) is 4.39. The smallest absolute Gasteiger partial charge is 0.266 e. The second-order valence-electron chi connectivity index (χ2n) is 5.88. The fraction of sp³-hybridized carbons (Fsp3) is 0.562. The standard InChI is InChI=1S/C16H20N2O2S3/c19-14(17-11-4-1-2-5-11)7-8-18-15(20)13(23-16(18)21)10-12-6-3-9-22-12/h6,10-11H,1-5,7-9H2,(H,17,19)/b13-10-. The van der Waals surface area contributed by atoms with Gasteiger partial charge in [0.25, 0.3) is 5.91 Å². The van der Waals surface area contributed by atoms with Gasteiger partial charge in [-0.3, -0.25) is 14.5 Å². The van der Waals surface area contributed by atoms with Gasteiger partial charge in [-0.1, -0.05) is 42.9 Å². The molecule has 7 heteroatoms. The topological polar surface area (TPSA) is 49.4 Å². The Balaban J connectivity index is 1.52. The summed E-state index contributed by atoms with van der Waals surface area (Å²) in [5.74, 6) is 1.03. The zero-order valence-corrected chi connectivity index (χ0v) is 15.3. The Morgan fingerprint density at radius 2 is 2.22 bits per heavy atom. The van der Waals surface area contributed by atoms with Gasteiger partial charge >= 0.3 is 0 Å². The van der Waals surface area contributed by atoms with E-state index in [1.807, 2.05) is 6.08 Å². The van der Waals surface area contributed by atoms with Crippen molar-refractivity contribution in [1.82, 2.24) is 10.2 Å². The van der Waals surface area contributed by atoms with Crippen molar-refractivity contribution in [2.45, 2.75) is 44.6 Å². The fourth-order valence-electron chi connectivity index (χ4n) is 2.94. The average Bonchev–Trinajstić information content (AvgIpc) is 3.23. The van der Waals surface area contributed by atoms with Crippen LogP contribution < -0.4 is 5.32 Å². The van der Waals surface area contributed by atoms with Crippen LogP contribution in [0.2, 0.25) is 0 Å². The van der Waals surface area contributed by atoms with Crippen molar-refractivity contribution in [3.8, 4) is 0 Å². The summed E-state index contributed by atoms with van der Waals surface area (Å²) >= 11 is 8.40. The van der Waals surface area contributed by atoms with Crippen LogP contribution in [-0.2, 0) is 9.59 Å². The van der Waals surface area contributed by atoms with Crippen LogP contribution in [0.25, 0.3) is 0 Å². The molecule has 3 aliphatic rings. The van der Waals surface area contributed by atoms with Gasteiger partial charge < -0.3 is 5.32 Å². The molecule has 0 aromatic heterocycles. The number of rotatable bonds is 5. The Labute approximate surface area is 150 Å². The Bertz CT molecular complexity index is 580. The molecule has 2 aliphatic heterocycles. The molecular weight excluding hydrogens is 348 g/mol. The second-order valence-corrected chi connectivity index (χ2v) is 8.72. The van der Waals surface area contributed by atoms with E-state index in [2.05, 4.69) is 11.4 Å². The van der Waals surface area contributed by atoms with Gasteiger partial charge in [0.15, 0.2) is 0 Å². The zero-order chi connectivity index (χ0) is 16.2. The minimum Gasteiger partial charge on any atom is -0.353 e. The van der Waals surface area contributed by atoms with Crippen molar-refractivity contribution in [3.63, 3.8) is 0 Å². The Hall–Kier alpha value is -0.790. The molecule has 0 unspecified atom stereocenters. The number of thioether (sulfide) groups is 2. The summed E-state index contributed by atoms with van der Waals surface area (Å²) in [6.07, 6.45) is 9.97. The van der Waals surface area contributed by atoms with Gasteiger partial charge in [-0.05, 0) is 25.3 Å². The number of hydrogen-bond acceptors (Lipinski definition) is 5. The van der Waals surface area contributed by atoms with E-state index in [9.17, 15) is 9.59 Å². The number of carbonyl (C=O) groups is 2. The third-order valence-electron chi connectivity index (χ3n) is 4.16. The van der Waals surface area contributed by atoms with Gasteiger partial charge in [-0.15, -0.1) is 11.8 Å². The lowest BCUT2D eigenvalue weighted by atomic mass is 10.2. The summed E-state index contributed by atoms with van der Waals surface area (Å²) in [6, 6.07) is 0.319.